The van der Waals surface area contributed by atoms with Gasteiger partial charge in [-0.3, -0.25) is 4.79 Å². The predicted octanol–water partition coefficient (Wildman–Crippen LogP) is 4.32. The second-order valence-electron chi connectivity index (χ2n) is 8.83. The van der Waals surface area contributed by atoms with Gasteiger partial charge in [0.25, 0.3) is 0 Å². The number of thioether (sulfide) groups is 1. The van der Waals surface area contributed by atoms with E-state index >= 15 is 0 Å². The monoisotopic (exact) mass is 482 g/mol. The van der Waals surface area contributed by atoms with E-state index < -0.39 is 18.1 Å². The van der Waals surface area contributed by atoms with Crippen molar-refractivity contribution in [1.29, 1.82) is 0 Å². The lowest BCUT2D eigenvalue weighted by molar-refractivity contribution is -0.150. The minimum atomic E-state index is -0.964. The number of carboxylic acids is 1. The van der Waals surface area contributed by atoms with Gasteiger partial charge in [-0.15, -0.1) is 11.8 Å². The summed E-state index contributed by atoms with van der Waals surface area (Å²) in [5.41, 5.74) is 4.69. The smallest absolute Gasteiger partial charge is 0.407 e. The molecule has 3 atom stereocenters. The van der Waals surface area contributed by atoms with Crippen molar-refractivity contribution in [2.45, 2.75) is 44.0 Å². The first kappa shape index (κ1) is 24.1. The summed E-state index contributed by atoms with van der Waals surface area (Å²) in [6.07, 6.45) is 0.684. The molecule has 1 aliphatic carbocycles. The van der Waals surface area contributed by atoms with Gasteiger partial charge >= 0.3 is 12.1 Å². The highest BCUT2D eigenvalue weighted by atomic mass is 32.2. The zero-order chi connectivity index (χ0) is 24.2. The number of carbonyl (C=O) groups is 3. The van der Waals surface area contributed by atoms with Gasteiger partial charge in [-0.05, 0) is 42.0 Å². The number of nitrogens with zero attached hydrogens (tertiary/aromatic N) is 1. The van der Waals surface area contributed by atoms with Crippen molar-refractivity contribution >= 4 is 29.7 Å². The van der Waals surface area contributed by atoms with Crippen LogP contribution in [0.5, 0.6) is 0 Å². The van der Waals surface area contributed by atoms with Gasteiger partial charge in [-0.25, -0.2) is 9.59 Å². The van der Waals surface area contributed by atoms with E-state index in [2.05, 4.69) is 29.6 Å². The summed E-state index contributed by atoms with van der Waals surface area (Å²) in [6.45, 7) is 4.32. The van der Waals surface area contributed by atoms with Crippen molar-refractivity contribution in [2.75, 3.05) is 18.9 Å². The lowest BCUT2D eigenvalue weighted by atomic mass is 9.98. The number of carbonyl (C=O) groups excluding carboxylic acids is 2. The van der Waals surface area contributed by atoms with E-state index in [0.29, 0.717) is 25.1 Å². The summed E-state index contributed by atoms with van der Waals surface area (Å²) >= 11 is 1.48. The topological polar surface area (TPSA) is 95.9 Å². The number of hydrogen-bond donors (Lipinski definition) is 2. The third kappa shape index (κ3) is 4.92. The van der Waals surface area contributed by atoms with Crippen LogP contribution in [0.25, 0.3) is 11.1 Å². The third-order valence-corrected chi connectivity index (χ3v) is 7.83. The number of carboxylic acid groups (broad SMARTS) is 1. The highest BCUT2D eigenvalue weighted by molar-refractivity contribution is 8.00. The molecule has 8 heteroatoms. The fourth-order valence-electron chi connectivity index (χ4n) is 4.79. The van der Waals surface area contributed by atoms with Crippen LogP contribution in [0.3, 0.4) is 0 Å². The third-order valence-electron chi connectivity index (χ3n) is 6.61. The zero-order valence-corrected chi connectivity index (χ0v) is 20.2. The van der Waals surface area contributed by atoms with E-state index in [1.165, 1.54) is 27.8 Å². The van der Waals surface area contributed by atoms with E-state index in [1.54, 1.807) is 0 Å². The molecular weight excluding hydrogens is 452 g/mol. The molecule has 0 saturated carbocycles. The number of ether oxygens (including phenoxy) is 1. The van der Waals surface area contributed by atoms with Gasteiger partial charge in [-0.2, -0.15) is 0 Å². The first-order valence-electron chi connectivity index (χ1n) is 11.6. The molecule has 2 aromatic carbocycles. The average molecular weight is 483 g/mol. The Morgan fingerprint density at radius 1 is 1.12 bits per heavy atom. The summed E-state index contributed by atoms with van der Waals surface area (Å²) in [5, 5.41) is 12.0. The van der Waals surface area contributed by atoms with E-state index in [4.69, 9.17) is 4.74 Å². The van der Waals surface area contributed by atoms with Crippen molar-refractivity contribution in [3.05, 3.63) is 59.7 Å². The molecule has 0 spiro atoms. The predicted molar refractivity (Wildman–Crippen MR) is 132 cm³/mol. The van der Waals surface area contributed by atoms with Crippen molar-refractivity contribution in [3.63, 3.8) is 0 Å². The summed E-state index contributed by atoms with van der Waals surface area (Å²) < 4.78 is 5.54. The van der Waals surface area contributed by atoms with Crippen LogP contribution in [-0.4, -0.2) is 58.3 Å². The van der Waals surface area contributed by atoms with Gasteiger partial charge in [0.05, 0.1) is 5.37 Å². The largest absolute Gasteiger partial charge is 0.480 e. The molecule has 2 aliphatic rings. The van der Waals surface area contributed by atoms with Crippen molar-refractivity contribution < 1.29 is 24.2 Å². The second-order valence-corrected chi connectivity index (χ2v) is 10.2. The molecule has 1 saturated heterocycles. The number of amides is 2. The van der Waals surface area contributed by atoms with Gasteiger partial charge < -0.3 is 20.1 Å². The summed E-state index contributed by atoms with van der Waals surface area (Å²) in [6, 6.07) is 15.6. The number of benzene rings is 2. The maximum atomic E-state index is 12.8. The molecule has 7 nitrogen and oxygen atoms in total. The van der Waals surface area contributed by atoms with Gasteiger partial charge in [-0.1, -0.05) is 55.5 Å². The molecule has 0 aromatic heterocycles. The molecule has 180 valence electrons. The van der Waals surface area contributed by atoms with Crippen molar-refractivity contribution in [1.82, 2.24) is 10.2 Å². The first-order valence-corrected chi connectivity index (χ1v) is 12.7. The van der Waals surface area contributed by atoms with Gasteiger partial charge in [0.2, 0.25) is 5.91 Å². The maximum Gasteiger partial charge on any atom is 0.407 e. The highest BCUT2D eigenvalue weighted by Gasteiger charge is 2.40. The summed E-state index contributed by atoms with van der Waals surface area (Å²) in [4.78, 5) is 38.0. The molecule has 34 heavy (non-hydrogen) atoms. The van der Waals surface area contributed by atoms with Gasteiger partial charge in [0, 0.05) is 24.1 Å². The van der Waals surface area contributed by atoms with Gasteiger partial charge in [0.1, 0.15) is 12.6 Å². The van der Waals surface area contributed by atoms with Crippen LogP contribution < -0.4 is 5.32 Å². The minimum Gasteiger partial charge on any atom is -0.480 e. The molecule has 3 unspecified atom stereocenters. The Hall–Kier alpha value is -3.00. The Kier molecular flexibility index (Phi) is 7.46. The molecule has 2 amide bonds. The van der Waals surface area contributed by atoms with E-state index in [-0.39, 0.29) is 29.7 Å². The SMILES string of the molecule is CC(CCCNC(=O)OCC1c2ccccc2-c2ccccc21)C(=O)N1C(C)SCC1C(=O)O. The molecule has 1 aliphatic heterocycles. The molecule has 0 bridgehead atoms. The number of rotatable bonds is 8. The van der Waals surface area contributed by atoms with Crippen LogP contribution in [0.15, 0.2) is 48.5 Å². The van der Waals surface area contributed by atoms with E-state index in [0.717, 1.165) is 11.1 Å². The lowest BCUT2D eigenvalue weighted by Crippen LogP contribution is -2.47. The van der Waals surface area contributed by atoms with Crippen LogP contribution in [0.1, 0.15) is 43.7 Å². The quantitative estimate of drug-likeness (QED) is 0.544. The fraction of sp³-hybridized carbons (Fsp3) is 0.423. The number of nitrogens with one attached hydrogen (secondary N) is 1. The van der Waals surface area contributed by atoms with Crippen LogP contribution in [0, 0.1) is 5.92 Å². The Morgan fingerprint density at radius 2 is 1.74 bits per heavy atom. The Balaban J connectivity index is 1.23. The molecular formula is C26H30N2O5S. The van der Waals surface area contributed by atoms with E-state index in [9.17, 15) is 19.5 Å². The number of fused-ring (bicyclic) bond motifs is 3. The normalized spacial score (nSPS) is 19.9. The molecule has 0 radical (unpaired) electrons. The average Bonchev–Trinajstić information content (AvgIpc) is 3.38. The molecule has 4 rings (SSSR count). The zero-order valence-electron chi connectivity index (χ0n) is 19.4. The first-order chi connectivity index (χ1) is 16.4. The standard InChI is InChI=1S/C26H30N2O5S/c1-16(24(29)28-17(2)34-15-23(28)25(30)31)8-7-13-27-26(32)33-14-22-20-11-5-3-9-18(20)19-10-4-6-12-21(19)22/h3-6,9-12,16-17,22-23H,7-8,13-15H2,1-2H3,(H,27,32)(H,30,31). The summed E-state index contributed by atoms with van der Waals surface area (Å²) in [7, 11) is 0. The Bertz CT molecular complexity index is 1030. The lowest BCUT2D eigenvalue weighted by Gasteiger charge is -2.28. The van der Waals surface area contributed by atoms with E-state index in [1.807, 2.05) is 38.1 Å². The minimum absolute atomic E-state index is 0.0123. The highest BCUT2D eigenvalue weighted by Crippen LogP contribution is 2.44. The number of hydrogen-bond acceptors (Lipinski definition) is 5. The maximum absolute atomic E-state index is 12.8. The van der Waals surface area contributed by atoms with Crippen LogP contribution in [0.2, 0.25) is 0 Å². The van der Waals surface area contributed by atoms with Crippen LogP contribution in [0.4, 0.5) is 4.79 Å². The fourth-order valence-corrected chi connectivity index (χ4v) is 5.97. The second kappa shape index (κ2) is 10.5. The molecule has 1 heterocycles. The number of aliphatic carboxylic acids is 1. The van der Waals surface area contributed by atoms with Crippen LogP contribution >= 0.6 is 11.8 Å². The number of alkyl carbamates (subject to hydrolysis) is 1. The van der Waals surface area contributed by atoms with Gasteiger partial charge in [0.15, 0.2) is 0 Å². The Morgan fingerprint density at radius 3 is 2.35 bits per heavy atom. The van der Waals surface area contributed by atoms with Crippen molar-refractivity contribution in [2.24, 2.45) is 5.92 Å². The van der Waals surface area contributed by atoms with Crippen molar-refractivity contribution in [3.8, 4) is 11.1 Å². The summed E-state index contributed by atoms with van der Waals surface area (Å²) in [5.74, 6) is -0.996. The van der Waals surface area contributed by atoms with Crippen LogP contribution in [-0.2, 0) is 14.3 Å². The molecule has 2 N–H and O–H groups in total. The molecule has 1 fully saturated rings. The molecule has 2 aromatic rings. The Labute approximate surface area is 203 Å².